The quantitative estimate of drug-likeness (QED) is 0.699. The number of benzene rings is 1. The molecule has 0 N–H and O–H groups in total. The van der Waals surface area contributed by atoms with Gasteiger partial charge in [-0.05, 0) is 56.7 Å². The maximum Gasteiger partial charge on any atom is 0.238 e. The van der Waals surface area contributed by atoms with Crippen molar-refractivity contribution in [3.63, 3.8) is 0 Å². The number of nitrogens with zero attached hydrogens (tertiary/aromatic N) is 4. The van der Waals surface area contributed by atoms with E-state index >= 15 is 0 Å². The molecule has 1 aromatic heterocycles. The summed E-state index contributed by atoms with van der Waals surface area (Å²) in [6, 6.07) is 10.6. The van der Waals surface area contributed by atoms with E-state index in [0.717, 1.165) is 64.2 Å². The highest BCUT2D eigenvalue weighted by molar-refractivity contribution is 5.76. The molecule has 162 valence electrons. The third-order valence-corrected chi connectivity index (χ3v) is 6.33. The predicted molar refractivity (Wildman–Crippen MR) is 116 cm³/mol. The Kier molecular flexibility index (Phi) is 6.82. The van der Waals surface area contributed by atoms with Gasteiger partial charge in [0.2, 0.25) is 17.7 Å². The summed E-state index contributed by atoms with van der Waals surface area (Å²) in [5.74, 6) is 2.28. The molecule has 0 aliphatic carbocycles. The lowest BCUT2D eigenvalue weighted by molar-refractivity contribution is -0.136. The highest BCUT2D eigenvalue weighted by Gasteiger charge is 2.33. The molecule has 6 heteroatoms. The van der Waals surface area contributed by atoms with Crippen LogP contribution in [0.1, 0.15) is 81.7 Å². The molecule has 0 radical (unpaired) electrons. The number of piperidine rings is 2. The summed E-state index contributed by atoms with van der Waals surface area (Å²) < 4.78 is 6.17. The monoisotopic (exact) mass is 410 g/mol. The standard InChI is InChI=1S/C24H34N4O2/c1-18(2)16-22(29)28-13-7-6-10-21(28)24-26-25-23(30-24)20-11-14-27(15-12-20)17-19-8-4-3-5-9-19/h3-5,8-9,18,20-21H,6-7,10-17H2,1-2H3/t21-/m1/s1. The molecule has 2 aliphatic rings. The summed E-state index contributed by atoms with van der Waals surface area (Å²) in [7, 11) is 0. The number of hydrogen-bond acceptors (Lipinski definition) is 5. The topological polar surface area (TPSA) is 62.5 Å². The Bertz CT molecular complexity index is 812. The number of likely N-dealkylation sites (tertiary alicyclic amines) is 2. The predicted octanol–water partition coefficient (Wildman–Crippen LogP) is 4.55. The lowest BCUT2D eigenvalue weighted by atomic mass is 9.96. The van der Waals surface area contributed by atoms with Gasteiger partial charge in [0.05, 0.1) is 0 Å². The van der Waals surface area contributed by atoms with Crippen molar-refractivity contribution >= 4 is 5.91 Å². The fraction of sp³-hybridized carbons (Fsp3) is 0.625. The SMILES string of the molecule is CC(C)CC(=O)N1CCCC[C@@H]1c1nnc(C2CCN(Cc3ccccc3)CC2)o1. The summed E-state index contributed by atoms with van der Waals surface area (Å²) in [5.41, 5.74) is 1.36. The number of carbonyl (C=O) groups is 1. The first kappa shape index (κ1) is 21.0. The van der Waals surface area contributed by atoms with Gasteiger partial charge in [-0.1, -0.05) is 44.2 Å². The van der Waals surface area contributed by atoms with Crippen LogP contribution in [-0.2, 0) is 11.3 Å². The Morgan fingerprint density at radius 1 is 1.03 bits per heavy atom. The zero-order valence-corrected chi connectivity index (χ0v) is 18.3. The van der Waals surface area contributed by atoms with E-state index in [1.54, 1.807) is 0 Å². The second-order valence-electron chi connectivity index (χ2n) is 9.21. The Hall–Kier alpha value is -2.21. The van der Waals surface area contributed by atoms with Crippen molar-refractivity contribution in [2.24, 2.45) is 5.92 Å². The zero-order chi connectivity index (χ0) is 20.9. The van der Waals surface area contributed by atoms with Crippen LogP contribution in [0.15, 0.2) is 34.7 Å². The number of carbonyl (C=O) groups excluding carboxylic acids is 1. The Morgan fingerprint density at radius 2 is 1.77 bits per heavy atom. The highest BCUT2D eigenvalue weighted by atomic mass is 16.4. The molecule has 2 saturated heterocycles. The van der Waals surface area contributed by atoms with Gasteiger partial charge in [0.15, 0.2) is 0 Å². The van der Waals surface area contributed by atoms with Gasteiger partial charge >= 0.3 is 0 Å². The number of amides is 1. The first-order valence-electron chi connectivity index (χ1n) is 11.5. The average molecular weight is 411 g/mol. The van der Waals surface area contributed by atoms with Crippen molar-refractivity contribution < 1.29 is 9.21 Å². The van der Waals surface area contributed by atoms with Gasteiger partial charge in [-0.25, -0.2) is 0 Å². The Balaban J connectivity index is 1.36. The van der Waals surface area contributed by atoms with Crippen molar-refractivity contribution in [2.75, 3.05) is 19.6 Å². The second kappa shape index (κ2) is 9.73. The molecule has 2 fully saturated rings. The van der Waals surface area contributed by atoms with Crippen molar-refractivity contribution in [1.29, 1.82) is 0 Å². The lowest BCUT2D eigenvalue weighted by Crippen LogP contribution is -2.39. The molecular formula is C24H34N4O2. The molecular weight excluding hydrogens is 376 g/mol. The van der Waals surface area contributed by atoms with Crippen molar-refractivity contribution in [1.82, 2.24) is 20.0 Å². The van der Waals surface area contributed by atoms with Crippen molar-refractivity contribution in [3.8, 4) is 0 Å². The summed E-state index contributed by atoms with van der Waals surface area (Å²) >= 11 is 0. The Morgan fingerprint density at radius 3 is 2.50 bits per heavy atom. The maximum atomic E-state index is 12.7. The van der Waals surface area contributed by atoms with Crippen LogP contribution in [0.5, 0.6) is 0 Å². The molecule has 0 bridgehead atoms. The van der Waals surface area contributed by atoms with Gasteiger partial charge in [0.25, 0.3) is 0 Å². The van der Waals surface area contributed by atoms with E-state index in [4.69, 9.17) is 4.42 Å². The minimum absolute atomic E-state index is 0.0515. The summed E-state index contributed by atoms with van der Waals surface area (Å²) in [6.07, 6.45) is 5.73. The van der Waals surface area contributed by atoms with Crippen LogP contribution in [0.2, 0.25) is 0 Å². The second-order valence-corrected chi connectivity index (χ2v) is 9.21. The number of rotatable bonds is 6. The molecule has 0 unspecified atom stereocenters. The molecule has 1 amide bonds. The largest absolute Gasteiger partial charge is 0.423 e. The van der Waals surface area contributed by atoms with Crippen LogP contribution in [0.25, 0.3) is 0 Å². The normalized spacial score (nSPS) is 21.3. The molecule has 30 heavy (non-hydrogen) atoms. The van der Waals surface area contributed by atoms with Gasteiger partial charge in [0, 0.05) is 25.4 Å². The first-order chi connectivity index (χ1) is 14.6. The van der Waals surface area contributed by atoms with E-state index in [0.29, 0.717) is 24.1 Å². The molecule has 6 nitrogen and oxygen atoms in total. The molecule has 2 aromatic rings. The van der Waals surface area contributed by atoms with E-state index in [1.165, 1.54) is 5.56 Å². The smallest absolute Gasteiger partial charge is 0.238 e. The van der Waals surface area contributed by atoms with Gasteiger partial charge in [-0.15, -0.1) is 10.2 Å². The van der Waals surface area contributed by atoms with Crippen LogP contribution >= 0.6 is 0 Å². The van der Waals surface area contributed by atoms with Crippen LogP contribution in [0.3, 0.4) is 0 Å². The number of hydrogen-bond donors (Lipinski definition) is 0. The van der Waals surface area contributed by atoms with Crippen LogP contribution in [-0.4, -0.2) is 45.5 Å². The average Bonchev–Trinajstić information content (AvgIpc) is 3.25. The molecule has 1 atom stereocenters. The van der Waals surface area contributed by atoms with Crippen LogP contribution in [0.4, 0.5) is 0 Å². The van der Waals surface area contributed by atoms with Crippen molar-refractivity contribution in [3.05, 3.63) is 47.7 Å². The third-order valence-electron chi connectivity index (χ3n) is 6.33. The van der Waals surface area contributed by atoms with E-state index < -0.39 is 0 Å². The van der Waals surface area contributed by atoms with Crippen molar-refractivity contribution in [2.45, 2.75) is 70.9 Å². The van der Waals surface area contributed by atoms with Crippen LogP contribution in [0, 0.1) is 5.92 Å². The van der Waals surface area contributed by atoms with E-state index in [2.05, 4.69) is 59.3 Å². The van der Waals surface area contributed by atoms with E-state index in [9.17, 15) is 4.79 Å². The van der Waals surface area contributed by atoms with Gasteiger partial charge in [0.1, 0.15) is 6.04 Å². The zero-order valence-electron chi connectivity index (χ0n) is 18.3. The molecule has 4 rings (SSSR count). The van der Waals surface area contributed by atoms with E-state index in [-0.39, 0.29) is 11.9 Å². The number of aromatic nitrogens is 2. The fourth-order valence-electron chi connectivity index (χ4n) is 4.68. The lowest BCUT2D eigenvalue weighted by Gasteiger charge is -2.34. The maximum absolute atomic E-state index is 12.7. The highest BCUT2D eigenvalue weighted by Crippen LogP contribution is 2.34. The third kappa shape index (κ3) is 5.09. The van der Waals surface area contributed by atoms with Gasteiger partial charge in [-0.2, -0.15) is 0 Å². The molecule has 0 saturated carbocycles. The van der Waals surface area contributed by atoms with Crippen LogP contribution < -0.4 is 0 Å². The molecule has 3 heterocycles. The van der Waals surface area contributed by atoms with E-state index in [1.807, 2.05) is 4.90 Å². The van der Waals surface area contributed by atoms with Gasteiger partial charge in [-0.3, -0.25) is 9.69 Å². The first-order valence-corrected chi connectivity index (χ1v) is 11.5. The summed E-state index contributed by atoms with van der Waals surface area (Å²) in [6.45, 7) is 8.06. The molecule has 1 aromatic carbocycles. The summed E-state index contributed by atoms with van der Waals surface area (Å²) in [5, 5.41) is 8.80. The minimum atomic E-state index is -0.0515. The molecule has 2 aliphatic heterocycles. The molecule has 0 spiro atoms. The minimum Gasteiger partial charge on any atom is -0.423 e. The van der Waals surface area contributed by atoms with Gasteiger partial charge < -0.3 is 9.32 Å². The summed E-state index contributed by atoms with van der Waals surface area (Å²) in [4.78, 5) is 17.2. The fourth-order valence-corrected chi connectivity index (χ4v) is 4.68. The Labute approximate surface area is 179 Å².